The van der Waals surface area contributed by atoms with E-state index in [4.69, 9.17) is 11.6 Å². The Morgan fingerprint density at radius 3 is 2.32 bits per heavy atom. The number of hydrazine groups is 1. The summed E-state index contributed by atoms with van der Waals surface area (Å²) in [5.41, 5.74) is 7.00. The van der Waals surface area contributed by atoms with Gasteiger partial charge in [0.15, 0.2) is 0 Å². The maximum atomic E-state index is 12.4. The summed E-state index contributed by atoms with van der Waals surface area (Å²) in [6.07, 6.45) is 0. The van der Waals surface area contributed by atoms with Crippen molar-refractivity contribution >= 4 is 23.4 Å². The Morgan fingerprint density at radius 2 is 1.64 bits per heavy atom. The number of nitrogens with one attached hydrogen (secondary N) is 2. The number of para-hydroxylation sites is 1. The number of nitrogens with zero attached hydrogens (tertiary/aromatic N) is 3. The van der Waals surface area contributed by atoms with Gasteiger partial charge in [-0.05, 0) is 48.7 Å². The normalized spacial score (nSPS) is 10.8. The van der Waals surface area contributed by atoms with Crippen LogP contribution < -0.4 is 10.9 Å². The van der Waals surface area contributed by atoms with Crippen LogP contribution in [0.1, 0.15) is 52.1 Å². The van der Waals surface area contributed by atoms with Gasteiger partial charge in [-0.3, -0.25) is 20.4 Å². The molecular weight excluding hydrogens is 378 g/mol. The Bertz CT molecular complexity index is 1010. The fourth-order valence-electron chi connectivity index (χ4n) is 2.73. The minimum Gasteiger partial charge on any atom is -0.267 e. The minimum atomic E-state index is -0.605. The van der Waals surface area contributed by atoms with Gasteiger partial charge >= 0.3 is 5.91 Å². The molecule has 2 amide bonds. The molecule has 2 aromatic carbocycles. The zero-order valence-electron chi connectivity index (χ0n) is 15.7. The largest absolute Gasteiger partial charge is 0.309 e. The Kier molecular flexibility index (Phi) is 5.75. The fraction of sp³-hybridized carbons (Fsp3) is 0.200. The number of hydrogen-bond acceptors (Lipinski definition) is 4. The molecule has 1 heterocycles. The summed E-state index contributed by atoms with van der Waals surface area (Å²) in [4.78, 5) is 28.7. The van der Waals surface area contributed by atoms with Crippen molar-refractivity contribution < 1.29 is 9.59 Å². The number of carbonyl (C=O) groups excluding carboxylic acids is 2. The molecule has 0 fully saturated rings. The van der Waals surface area contributed by atoms with Crippen molar-refractivity contribution in [1.29, 1.82) is 0 Å². The van der Waals surface area contributed by atoms with Gasteiger partial charge in [0.1, 0.15) is 5.82 Å². The van der Waals surface area contributed by atoms with Crippen molar-refractivity contribution in [3.63, 3.8) is 0 Å². The smallest absolute Gasteiger partial charge is 0.267 e. The van der Waals surface area contributed by atoms with Gasteiger partial charge in [0.25, 0.3) is 5.91 Å². The number of benzene rings is 2. The molecule has 144 valence electrons. The van der Waals surface area contributed by atoms with Gasteiger partial charge in [-0.1, -0.05) is 43.6 Å². The first-order valence-electron chi connectivity index (χ1n) is 8.76. The van der Waals surface area contributed by atoms with E-state index in [-0.39, 0.29) is 11.7 Å². The third-order valence-electron chi connectivity index (χ3n) is 4.15. The molecule has 0 spiro atoms. The first-order chi connectivity index (χ1) is 13.4. The first-order valence-corrected chi connectivity index (χ1v) is 9.14. The van der Waals surface area contributed by atoms with Crippen LogP contribution in [0.25, 0.3) is 5.69 Å². The standard InChI is InChI=1S/C20H20ClN5O2/c1-12(2)16-6-4-5-7-17(16)26-13(3)22-18(25-26)20(28)24-23-19(27)14-8-10-15(21)11-9-14/h4-12H,1-3H3,(H,23,27)(H,24,28). The van der Waals surface area contributed by atoms with Gasteiger partial charge in [0, 0.05) is 10.6 Å². The van der Waals surface area contributed by atoms with Crippen LogP contribution in [0, 0.1) is 6.92 Å². The molecule has 28 heavy (non-hydrogen) atoms. The van der Waals surface area contributed by atoms with Crippen LogP contribution in [-0.2, 0) is 0 Å². The summed E-state index contributed by atoms with van der Waals surface area (Å²) in [5, 5.41) is 4.83. The summed E-state index contributed by atoms with van der Waals surface area (Å²) < 4.78 is 1.63. The lowest BCUT2D eigenvalue weighted by atomic mass is 10.0. The lowest BCUT2D eigenvalue weighted by Crippen LogP contribution is -2.42. The van der Waals surface area contributed by atoms with Crippen LogP contribution in [0.5, 0.6) is 0 Å². The maximum absolute atomic E-state index is 12.4. The van der Waals surface area contributed by atoms with Crippen molar-refractivity contribution in [3.8, 4) is 5.69 Å². The lowest BCUT2D eigenvalue weighted by Gasteiger charge is -2.12. The zero-order chi connectivity index (χ0) is 20.3. The van der Waals surface area contributed by atoms with Gasteiger partial charge < -0.3 is 0 Å². The second-order valence-electron chi connectivity index (χ2n) is 6.52. The van der Waals surface area contributed by atoms with Crippen LogP contribution >= 0.6 is 11.6 Å². The molecule has 7 nitrogen and oxygen atoms in total. The molecule has 3 aromatic rings. The molecule has 0 bridgehead atoms. The summed E-state index contributed by atoms with van der Waals surface area (Å²) in [6.45, 7) is 5.95. The van der Waals surface area contributed by atoms with Crippen molar-refractivity contribution in [3.05, 3.63) is 76.3 Å². The van der Waals surface area contributed by atoms with Crippen LogP contribution in [0.15, 0.2) is 48.5 Å². The first kappa shape index (κ1) is 19.6. The van der Waals surface area contributed by atoms with E-state index in [9.17, 15) is 9.59 Å². The van der Waals surface area contributed by atoms with Crippen LogP contribution in [0.3, 0.4) is 0 Å². The second kappa shape index (κ2) is 8.22. The Labute approximate surface area is 167 Å². The number of amides is 2. The summed E-state index contributed by atoms with van der Waals surface area (Å²) in [5.74, 6) is -0.247. The maximum Gasteiger partial charge on any atom is 0.309 e. The van der Waals surface area contributed by atoms with Gasteiger partial charge in [-0.25, -0.2) is 9.67 Å². The number of carbonyl (C=O) groups is 2. The Hall–Kier alpha value is -3.19. The molecule has 0 aliphatic heterocycles. The highest BCUT2D eigenvalue weighted by atomic mass is 35.5. The Balaban J connectivity index is 1.75. The lowest BCUT2D eigenvalue weighted by molar-refractivity contribution is 0.0841. The molecule has 3 rings (SSSR count). The summed E-state index contributed by atoms with van der Waals surface area (Å²) in [6, 6.07) is 14.1. The average molecular weight is 398 g/mol. The summed E-state index contributed by atoms with van der Waals surface area (Å²) in [7, 11) is 0. The monoisotopic (exact) mass is 397 g/mol. The molecule has 0 unspecified atom stereocenters. The number of rotatable bonds is 4. The molecule has 2 N–H and O–H groups in total. The number of aromatic nitrogens is 3. The molecular formula is C20H20ClN5O2. The van der Waals surface area contributed by atoms with Gasteiger partial charge in [0.05, 0.1) is 5.69 Å². The van der Waals surface area contributed by atoms with E-state index in [1.807, 2.05) is 24.3 Å². The number of aryl methyl sites for hydroxylation is 1. The van der Waals surface area contributed by atoms with Gasteiger partial charge in [-0.2, -0.15) is 0 Å². The molecule has 0 aliphatic carbocycles. The second-order valence-corrected chi connectivity index (χ2v) is 6.96. The van der Waals surface area contributed by atoms with Crippen molar-refractivity contribution in [2.24, 2.45) is 0 Å². The van der Waals surface area contributed by atoms with Crippen LogP contribution in [-0.4, -0.2) is 26.6 Å². The topological polar surface area (TPSA) is 88.9 Å². The minimum absolute atomic E-state index is 0.0348. The van der Waals surface area contributed by atoms with E-state index in [0.29, 0.717) is 16.4 Å². The van der Waals surface area contributed by atoms with E-state index in [0.717, 1.165) is 11.3 Å². The van der Waals surface area contributed by atoms with Gasteiger partial charge in [-0.15, -0.1) is 5.10 Å². The average Bonchev–Trinajstić information content (AvgIpc) is 3.08. The molecule has 1 aromatic heterocycles. The molecule has 0 saturated heterocycles. The Morgan fingerprint density at radius 1 is 1.00 bits per heavy atom. The number of hydrogen-bond donors (Lipinski definition) is 2. The highest BCUT2D eigenvalue weighted by Gasteiger charge is 2.18. The zero-order valence-corrected chi connectivity index (χ0v) is 16.5. The molecule has 8 heteroatoms. The SMILES string of the molecule is Cc1nc(C(=O)NNC(=O)c2ccc(Cl)cc2)nn1-c1ccccc1C(C)C. The highest BCUT2D eigenvalue weighted by Crippen LogP contribution is 2.23. The molecule has 0 atom stereocenters. The fourth-order valence-corrected chi connectivity index (χ4v) is 2.85. The van der Waals surface area contributed by atoms with Crippen LogP contribution in [0.2, 0.25) is 5.02 Å². The molecule has 0 saturated carbocycles. The molecule has 0 radical (unpaired) electrons. The quantitative estimate of drug-likeness (QED) is 0.660. The highest BCUT2D eigenvalue weighted by molar-refractivity contribution is 6.30. The van der Waals surface area contributed by atoms with Crippen LogP contribution in [0.4, 0.5) is 0 Å². The predicted octanol–water partition coefficient (Wildman–Crippen LogP) is 3.43. The van der Waals surface area contributed by atoms with E-state index < -0.39 is 11.8 Å². The predicted molar refractivity (Wildman–Crippen MR) is 107 cm³/mol. The van der Waals surface area contributed by atoms with E-state index in [2.05, 4.69) is 34.8 Å². The van der Waals surface area contributed by atoms with E-state index >= 15 is 0 Å². The third-order valence-corrected chi connectivity index (χ3v) is 4.41. The van der Waals surface area contributed by atoms with E-state index in [1.165, 1.54) is 0 Å². The van der Waals surface area contributed by atoms with Crippen molar-refractivity contribution in [2.45, 2.75) is 26.7 Å². The third kappa shape index (κ3) is 4.20. The molecule has 0 aliphatic rings. The summed E-state index contributed by atoms with van der Waals surface area (Å²) >= 11 is 5.80. The van der Waals surface area contributed by atoms with Gasteiger partial charge in [0.2, 0.25) is 5.82 Å². The number of halogens is 1. The van der Waals surface area contributed by atoms with E-state index in [1.54, 1.807) is 35.9 Å². The van der Waals surface area contributed by atoms with Crippen molar-refractivity contribution in [1.82, 2.24) is 25.6 Å². The van der Waals surface area contributed by atoms with Crippen molar-refractivity contribution in [2.75, 3.05) is 0 Å².